The van der Waals surface area contributed by atoms with Gasteiger partial charge in [0.05, 0.1) is 18.5 Å². The van der Waals surface area contributed by atoms with Crippen LogP contribution in [0, 0.1) is 19.7 Å². The fraction of sp³-hybridized carbons (Fsp3) is 0.296. The van der Waals surface area contributed by atoms with E-state index in [1.807, 2.05) is 4.90 Å². The van der Waals surface area contributed by atoms with Gasteiger partial charge < -0.3 is 9.80 Å². The molecule has 4 rings (SSSR count). The van der Waals surface area contributed by atoms with Crippen LogP contribution >= 0.6 is 0 Å². The summed E-state index contributed by atoms with van der Waals surface area (Å²) < 4.78 is 39.3. The van der Waals surface area contributed by atoms with Gasteiger partial charge in [0.1, 0.15) is 5.82 Å². The lowest BCUT2D eigenvalue weighted by Gasteiger charge is -2.37. The van der Waals surface area contributed by atoms with Gasteiger partial charge in [0.15, 0.2) is 0 Å². The Morgan fingerprint density at radius 3 is 2.14 bits per heavy atom. The topological polar surface area (TPSA) is 60.9 Å². The first kappa shape index (κ1) is 24.7. The number of benzene rings is 3. The van der Waals surface area contributed by atoms with E-state index >= 15 is 0 Å². The van der Waals surface area contributed by atoms with Crippen LogP contribution in [-0.4, -0.2) is 51.7 Å². The lowest BCUT2D eigenvalue weighted by molar-refractivity contribution is 0.0747. The zero-order valence-corrected chi connectivity index (χ0v) is 21.1. The number of aryl methyl sites for hydroxylation is 1. The van der Waals surface area contributed by atoms with Gasteiger partial charge in [0.25, 0.3) is 5.91 Å². The number of hydrogen-bond acceptors (Lipinski definition) is 4. The Labute approximate surface area is 206 Å². The van der Waals surface area contributed by atoms with E-state index < -0.39 is 10.0 Å². The highest BCUT2D eigenvalue weighted by atomic mass is 32.2. The smallest absolute Gasteiger partial charge is 0.253 e. The number of amides is 1. The molecule has 3 aromatic carbocycles. The monoisotopic (exact) mass is 495 g/mol. The van der Waals surface area contributed by atoms with Crippen molar-refractivity contribution < 1.29 is 17.6 Å². The molecule has 6 nitrogen and oxygen atoms in total. The van der Waals surface area contributed by atoms with Crippen LogP contribution in [0.4, 0.5) is 15.8 Å². The van der Waals surface area contributed by atoms with Crippen molar-refractivity contribution in [2.45, 2.75) is 20.4 Å². The molecule has 8 heteroatoms. The Morgan fingerprint density at radius 1 is 0.914 bits per heavy atom. The van der Waals surface area contributed by atoms with Crippen molar-refractivity contribution in [2.75, 3.05) is 41.6 Å². The number of nitrogens with zero attached hydrogens (tertiary/aromatic N) is 3. The summed E-state index contributed by atoms with van der Waals surface area (Å²) in [6.45, 7) is 7.06. The van der Waals surface area contributed by atoms with Gasteiger partial charge in [-0.3, -0.25) is 9.10 Å². The van der Waals surface area contributed by atoms with Crippen molar-refractivity contribution in [2.24, 2.45) is 0 Å². The van der Waals surface area contributed by atoms with Gasteiger partial charge in [-0.25, -0.2) is 12.8 Å². The fourth-order valence-corrected chi connectivity index (χ4v) is 5.23. The molecule has 1 aliphatic rings. The third kappa shape index (κ3) is 5.65. The molecule has 0 aromatic heterocycles. The molecule has 0 bridgehead atoms. The van der Waals surface area contributed by atoms with Gasteiger partial charge in [-0.05, 0) is 73.0 Å². The predicted molar refractivity (Wildman–Crippen MR) is 138 cm³/mol. The summed E-state index contributed by atoms with van der Waals surface area (Å²) in [6.07, 6.45) is 1.13. The van der Waals surface area contributed by atoms with Gasteiger partial charge in [0.2, 0.25) is 10.0 Å². The minimum Gasteiger partial charge on any atom is -0.368 e. The number of piperazine rings is 1. The van der Waals surface area contributed by atoms with Crippen LogP contribution in [0.15, 0.2) is 66.7 Å². The first-order chi connectivity index (χ1) is 16.6. The van der Waals surface area contributed by atoms with Crippen molar-refractivity contribution in [3.63, 3.8) is 0 Å². The van der Waals surface area contributed by atoms with E-state index in [-0.39, 0.29) is 18.3 Å². The number of halogens is 1. The number of sulfonamides is 1. The van der Waals surface area contributed by atoms with E-state index in [1.165, 1.54) is 33.3 Å². The van der Waals surface area contributed by atoms with E-state index in [4.69, 9.17) is 0 Å². The van der Waals surface area contributed by atoms with Crippen LogP contribution in [-0.2, 0) is 16.6 Å². The second-order valence-corrected chi connectivity index (χ2v) is 10.8. The zero-order chi connectivity index (χ0) is 25.2. The van der Waals surface area contributed by atoms with Gasteiger partial charge in [-0.1, -0.05) is 24.3 Å². The summed E-state index contributed by atoms with van der Waals surface area (Å²) in [6, 6.07) is 18.6. The average molecular weight is 496 g/mol. The molecule has 1 heterocycles. The van der Waals surface area contributed by atoms with Crippen LogP contribution in [0.3, 0.4) is 0 Å². The molecule has 35 heavy (non-hydrogen) atoms. The highest BCUT2D eigenvalue weighted by Gasteiger charge is 2.24. The lowest BCUT2D eigenvalue weighted by atomic mass is 10.1. The third-order valence-corrected chi connectivity index (χ3v) is 7.67. The van der Waals surface area contributed by atoms with Crippen molar-refractivity contribution in [3.05, 3.63) is 94.8 Å². The quantitative estimate of drug-likeness (QED) is 0.510. The second-order valence-electron chi connectivity index (χ2n) is 8.94. The predicted octanol–water partition coefficient (Wildman–Crippen LogP) is 4.37. The van der Waals surface area contributed by atoms with Gasteiger partial charge in [0, 0.05) is 37.4 Å². The third-order valence-electron chi connectivity index (χ3n) is 6.53. The van der Waals surface area contributed by atoms with E-state index in [9.17, 15) is 17.6 Å². The molecule has 1 aliphatic heterocycles. The maximum absolute atomic E-state index is 13.2. The second kappa shape index (κ2) is 10.1. The Kier molecular flexibility index (Phi) is 7.12. The first-order valence-corrected chi connectivity index (χ1v) is 13.4. The summed E-state index contributed by atoms with van der Waals surface area (Å²) in [5.74, 6) is -0.445. The SMILES string of the molecule is Cc1cccc(N2CCN(C(=O)c3ccc(N(Cc4ccc(F)cc4)S(C)(=O)=O)cc3)CC2)c1C. The van der Waals surface area contributed by atoms with Crippen molar-refractivity contribution in [1.29, 1.82) is 0 Å². The number of hydrogen-bond donors (Lipinski definition) is 0. The molecule has 184 valence electrons. The average Bonchev–Trinajstić information content (AvgIpc) is 2.84. The standard InChI is InChI=1S/C27H30FN3O3S/c1-20-5-4-6-26(21(20)2)29-15-17-30(18-16-29)27(32)23-9-13-25(14-10-23)31(35(3,33)34)19-22-7-11-24(28)12-8-22/h4-14H,15-19H2,1-3H3. The molecular weight excluding hydrogens is 465 g/mol. The van der Waals surface area contributed by atoms with Gasteiger partial charge in [-0.15, -0.1) is 0 Å². The Hall–Kier alpha value is -3.39. The summed E-state index contributed by atoms with van der Waals surface area (Å²) >= 11 is 0. The van der Waals surface area contributed by atoms with Crippen molar-refractivity contribution in [1.82, 2.24) is 4.90 Å². The normalized spacial score (nSPS) is 14.2. The van der Waals surface area contributed by atoms with Crippen molar-refractivity contribution >= 4 is 27.3 Å². The number of anilines is 2. The minimum atomic E-state index is -3.58. The van der Waals surface area contributed by atoms with Crippen LogP contribution in [0.1, 0.15) is 27.0 Å². The summed E-state index contributed by atoms with van der Waals surface area (Å²) in [5, 5.41) is 0. The molecule has 0 aliphatic carbocycles. The van der Waals surface area contributed by atoms with Crippen molar-refractivity contribution in [3.8, 4) is 0 Å². The highest BCUT2D eigenvalue weighted by molar-refractivity contribution is 7.92. The molecule has 0 atom stereocenters. The number of carbonyl (C=O) groups is 1. The van der Waals surface area contributed by atoms with Crippen LogP contribution in [0.25, 0.3) is 0 Å². The van der Waals surface area contributed by atoms with Crippen LogP contribution in [0.5, 0.6) is 0 Å². The summed E-state index contributed by atoms with van der Waals surface area (Å²) in [4.78, 5) is 17.3. The summed E-state index contributed by atoms with van der Waals surface area (Å²) in [5.41, 5.74) is 5.36. The maximum atomic E-state index is 13.2. The Balaban J connectivity index is 1.44. The van der Waals surface area contributed by atoms with E-state index in [0.717, 1.165) is 19.3 Å². The van der Waals surface area contributed by atoms with Crippen LogP contribution in [0.2, 0.25) is 0 Å². The Morgan fingerprint density at radius 2 is 1.54 bits per heavy atom. The number of carbonyl (C=O) groups excluding carboxylic acids is 1. The van der Waals surface area contributed by atoms with Crippen LogP contribution < -0.4 is 9.21 Å². The molecule has 0 saturated carbocycles. The van der Waals surface area contributed by atoms with E-state index in [1.54, 1.807) is 36.4 Å². The molecular formula is C27H30FN3O3S. The fourth-order valence-electron chi connectivity index (χ4n) is 4.34. The first-order valence-electron chi connectivity index (χ1n) is 11.6. The largest absolute Gasteiger partial charge is 0.368 e. The zero-order valence-electron chi connectivity index (χ0n) is 20.2. The molecule has 3 aromatic rings. The minimum absolute atomic E-state index is 0.0680. The van der Waals surface area contributed by atoms with E-state index in [2.05, 4.69) is 36.9 Å². The Bertz CT molecular complexity index is 1300. The molecule has 0 N–H and O–H groups in total. The molecule has 0 radical (unpaired) electrons. The lowest BCUT2D eigenvalue weighted by Crippen LogP contribution is -2.49. The van der Waals surface area contributed by atoms with E-state index in [0.29, 0.717) is 29.9 Å². The molecule has 1 fully saturated rings. The van der Waals surface area contributed by atoms with Gasteiger partial charge in [-0.2, -0.15) is 0 Å². The molecule has 1 amide bonds. The molecule has 0 spiro atoms. The maximum Gasteiger partial charge on any atom is 0.253 e. The highest BCUT2D eigenvalue weighted by Crippen LogP contribution is 2.25. The number of rotatable bonds is 6. The van der Waals surface area contributed by atoms with Gasteiger partial charge >= 0.3 is 0 Å². The molecule has 0 unspecified atom stereocenters. The molecule has 1 saturated heterocycles. The summed E-state index contributed by atoms with van der Waals surface area (Å²) in [7, 11) is -3.58.